The van der Waals surface area contributed by atoms with Gasteiger partial charge in [-0.15, -0.1) is 0 Å². The van der Waals surface area contributed by atoms with Crippen LogP contribution in [0.2, 0.25) is 0 Å². The van der Waals surface area contributed by atoms with Crippen LogP contribution in [0.5, 0.6) is 5.75 Å². The molecule has 0 unspecified atom stereocenters. The molecule has 0 radical (unpaired) electrons. The van der Waals surface area contributed by atoms with Crippen LogP contribution < -0.4 is 49.1 Å². The summed E-state index contributed by atoms with van der Waals surface area (Å²) in [5, 5.41) is 29.1. The van der Waals surface area contributed by atoms with Crippen molar-refractivity contribution >= 4 is 63.7 Å². The number of carbonyl (C=O) groups is 6. The molecule has 0 saturated carbocycles. The van der Waals surface area contributed by atoms with Crippen molar-refractivity contribution in [2.75, 3.05) is 18.4 Å². The van der Waals surface area contributed by atoms with Gasteiger partial charge in [0.05, 0.1) is 0 Å². The molecule has 1 aliphatic heterocycles. The fourth-order valence-corrected chi connectivity index (χ4v) is 8.03. The Balaban J connectivity index is 1.44. The monoisotopic (exact) mass is 960 g/mol. The highest BCUT2D eigenvalue weighted by atomic mass is 16.3. The Morgan fingerprint density at radius 1 is 0.614 bits per heavy atom. The van der Waals surface area contributed by atoms with Gasteiger partial charge in [0, 0.05) is 43.6 Å². The van der Waals surface area contributed by atoms with Crippen molar-refractivity contribution in [3.05, 3.63) is 108 Å². The Morgan fingerprint density at radius 3 is 1.76 bits per heavy atom. The number of nitrogens with one attached hydrogen (secondary N) is 6. The number of guanidine groups is 1. The molecule has 1 aliphatic rings. The van der Waals surface area contributed by atoms with E-state index in [-0.39, 0.29) is 81.0 Å². The summed E-state index contributed by atoms with van der Waals surface area (Å²) in [5.74, 6) is -3.25. The number of fused-ring (bicyclic) bond motifs is 1. The summed E-state index contributed by atoms with van der Waals surface area (Å²) in [7, 11) is 0. The number of nitrogens with zero attached hydrogens (tertiary/aromatic N) is 2. The van der Waals surface area contributed by atoms with Crippen molar-refractivity contribution in [3.8, 4) is 5.75 Å². The lowest BCUT2D eigenvalue weighted by Crippen LogP contribution is -2.58. The molecule has 0 aliphatic carbocycles. The molecule has 70 heavy (non-hydrogen) atoms. The first-order valence-electron chi connectivity index (χ1n) is 24.1. The van der Waals surface area contributed by atoms with Gasteiger partial charge >= 0.3 is 0 Å². The molecular formula is C52H69N11O7. The number of nitrogens with two attached hydrogens (primary N) is 3. The van der Waals surface area contributed by atoms with Gasteiger partial charge in [-0.1, -0.05) is 81.8 Å². The van der Waals surface area contributed by atoms with E-state index in [4.69, 9.17) is 17.2 Å². The Morgan fingerprint density at radius 2 is 1.14 bits per heavy atom. The van der Waals surface area contributed by atoms with Crippen LogP contribution >= 0.6 is 0 Å². The molecule has 1 heterocycles. The molecule has 4 aromatic carbocycles. The summed E-state index contributed by atoms with van der Waals surface area (Å²) in [4.78, 5) is 92.8. The standard InChI is InChI=1S/C52H69N11O7/c1-4-5-15-45(65)58-38-22-20-36(21-23-38)46(53)56-26-9-8-13-40-47(66)59-41(14-10-27-57-52(54)55)48(67)61-42(28-32(2)3)49(68)63-44(31-34-16-19-35-11-6-7-12-37(35)29-34)51(70)62-43(50(69)60-40)30-33-17-24-39(64)25-18-33/h6-7,11-12,16-25,29,32,40-44,64H,4-5,8-10,13-15,26-28,30-31H2,1-3H3,(H2,53,56)(H,58,65)(H,59,66)(H,60,69)(H,61,67)(H,62,70)(H,63,68)(H4,54,55,57)/t40-,41+,42+,43+,44-/m1/s1. The third-order valence-electron chi connectivity index (χ3n) is 11.9. The number of aromatic hydroxyl groups is 1. The van der Waals surface area contributed by atoms with Gasteiger partial charge in [0.2, 0.25) is 35.4 Å². The van der Waals surface area contributed by atoms with Crippen LogP contribution in [0.25, 0.3) is 10.8 Å². The number of phenols is 1. The number of rotatable bonds is 20. The van der Waals surface area contributed by atoms with E-state index in [0.29, 0.717) is 36.1 Å². The van der Waals surface area contributed by atoms with E-state index in [0.717, 1.165) is 29.2 Å². The van der Waals surface area contributed by atoms with Gasteiger partial charge in [0.1, 0.15) is 41.8 Å². The zero-order valence-electron chi connectivity index (χ0n) is 40.3. The second kappa shape index (κ2) is 26.9. The number of amidine groups is 1. The average Bonchev–Trinajstić information content (AvgIpc) is 3.33. The van der Waals surface area contributed by atoms with Crippen molar-refractivity contribution in [1.82, 2.24) is 26.6 Å². The molecule has 374 valence electrons. The number of benzene rings is 4. The van der Waals surface area contributed by atoms with Crippen LogP contribution in [0, 0.1) is 5.92 Å². The molecule has 4 aromatic rings. The molecule has 5 atom stereocenters. The van der Waals surface area contributed by atoms with Gasteiger partial charge in [0.15, 0.2) is 5.96 Å². The van der Waals surface area contributed by atoms with Crippen molar-refractivity contribution in [2.45, 2.75) is 122 Å². The van der Waals surface area contributed by atoms with E-state index in [1.54, 1.807) is 36.4 Å². The summed E-state index contributed by atoms with van der Waals surface area (Å²) in [6.45, 7) is 6.26. The summed E-state index contributed by atoms with van der Waals surface area (Å²) < 4.78 is 0. The fraction of sp³-hybridized carbons (Fsp3) is 0.423. The first-order chi connectivity index (χ1) is 33.6. The quantitative estimate of drug-likeness (QED) is 0.0349. The van der Waals surface area contributed by atoms with Crippen LogP contribution in [0.1, 0.15) is 95.2 Å². The zero-order chi connectivity index (χ0) is 50.6. The van der Waals surface area contributed by atoms with Gasteiger partial charge in [-0.3, -0.25) is 38.8 Å². The molecule has 0 aromatic heterocycles. The van der Waals surface area contributed by atoms with E-state index >= 15 is 0 Å². The lowest BCUT2D eigenvalue weighted by molar-refractivity contribution is -0.134. The maximum absolute atomic E-state index is 14.6. The summed E-state index contributed by atoms with van der Waals surface area (Å²) in [6.07, 6.45) is 3.70. The highest BCUT2D eigenvalue weighted by molar-refractivity contribution is 5.99. The number of amides is 6. The van der Waals surface area contributed by atoms with Crippen molar-refractivity contribution in [1.29, 1.82) is 0 Å². The van der Waals surface area contributed by atoms with Gasteiger partial charge in [0.25, 0.3) is 0 Å². The van der Waals surface area contributed by atoms with Crippen LogP contribution in [0.15, 0.2) is 101 Å². The Labute approximate surface area is 409 Å². The topological polar surface area (TPSA) is 298 Å². The predicted octanol–water partition coefficient (Wildman–Crippen LogP) is 3.57. The van der Waals surface area contributed by atoms with Crippen LogP contribution in [0.4, 0.5) is 5.69 Å². The molecule has 6 amide bonds. The SMILES string of the molecule is CCCCC(=O)Nc1ccc(C(N)=NCCCC[C@H]2NC(=O)[C@H](Cc3ccc(O)cc3)NC(=O)[C@@H](Cc3ccc4ccccc4c3)NC(=O)[C@H](CC(C)C)NC(=O)[C@H](CCCN=C(N)N)NC2=O)cc1. The van der Waals surface area contributed by atoms with Crippen molar-refractivity contribution < 1.29 is 33.9 Å². The van der Waals surface area contributed by atoms with E-state index in [9.17, 15) is 33.9 Å². The molecule has 13 N–H and O–H groups in total. The Hall–Kier alpha value is -7.50. The highest BCUT2D eigenvalue weighted by Crippen LogP contribution is 2.19. The minimum atomic E-state index is -1.25. The largest absolute Gasteiger partial charge is 0.508 e. The van der Waals surface area contributed by atoms with Crippen molar-refractivity contribution in [2.24, 2.45) is 33.1 Å². The minimum absolute atomic E-state index is 0.00770. The maximum atomic E-state index is 14.6. The zero-order valence-corrected chi connectivity index (χ0v) is 40.3. The summed E-state index contributed by atoms with van der Waals surface area (Å²) in [5.41, 5.74) is 20.1. The van der Waals surface area contributed by atoms with E-state index in [1.165, 1.54) is 12.1 Å². The van der Waals surface area contributed by atoms with Crippen LogP contribution in [-0.4, -0.2) is 95.6 Å². The number of carbonyl (C=O) groups excluding carboxylic acids is 6. The molecule has 0 bridgehead atoms. The minimum Gasteiger partial charge on any atom is -0.508 e. The van der Waals surface area contributed by atoms with E-state index < -0.39 is 59.7 Å². The molecule has 5 rings (SSSR count). The Kier molecular flexibility index (Phi) is 20.5. The second-order valence-corrected chi connectivity index (χ2v) is 18.1. The normalized spacial score (nSPS) is 19.5. The number of anilines is 1. The predicted molar refractivity (Wildman–Crippen MR) is 273 cm³/mol. The Bertz CT molecular complexity index is 2470. The molecular weight excluding hydrogens is 891 g/mol. The molecule has 18 heteroatoms. The lowest BCUT2D eigenvalue weighted by Gasteiger charge is -2.27. The number of unbranched alkanes of at least 4 members (excludes halogenated alkanes) is 2. The van der Waals surface area contributed by atoms with Gasteiger partial charge in [-0.25, -0.2) is 0 Å². The lowest BCUT2D eigenvalue weighted by atomic mass is 9.98. The number of hydrogen-bond donors (Lipinski definition) is 10. The first-order valence-corrected chi connectivity index (χ1v) is 24.1. The van der Waals surface area contributed by atoms with Gasteiger partial charge in [-0.2, -0.15) is 0 Å². The summed E-state index contributed by atoms with van der Waals surface area (Å²) >= 11 is 0. The third-order valence-corrected chi connectivity index (χ3v) is 11.9. The molecule has 0 spiro atoms. The van der Waals surface area contributed by atoms with Crippen molar-refractivity contribution in [3.63, 3.8) is 0 Å². The van der Waals surface area contributed by atoms with Gasteiger partial charge < -0.3 is 54.2 Å². The average molecular weight is 960 g/mol. The second-order valence-electron chi connectivity index (χ2n) is 18.1. The molecule has 18 nitrogen and oxygen atoms in total. The van der Waals surface area contributed by atoms with E-state index in [1.807, 2.05) is 63.2 Å². The van der Waals surface area contributed by atoms with Gasteiger partial charge in [-0.05, 0) is 109 Å². The van der Waals surface area contributed by atoms with Crippen LogP contribution in [0.3, 0.4) is 0 Å². The number of phenolic OH excluding ortho intramolecular Hbond substituents is 1. The van der Waals surface area contributed by atoms with E-state index in [2.05, 4.69) is 41.9 Å². The first kappa shape index (κ1) is 53.5. The number of hydrogen-bond acceptors (Lipinski definition) is 9. The smallest absolute Gasteiger partial charge is 0.243 e. The van der Waals surface area contributed by atoms with Crippen LogP contribution in [-0.2, 0) is 41.6 Å². The fourth-order valence-electron chi connectivity index (χ4n) is 8.03. The number of aliphatic imine (C=N–C) groups is 2. The molecule has 1 fully saturated rings. The maximum Gasteiger partial charge on any atom is 0.243 e. The summed E-state index contributed by atoms with van der Waals surface area (Å²) in [6, 6.07) is 20.8. The highest BCUT2D eigenvalue weighted by Gasteiger charge is 2.35. The molecule has 1 saturated heterocycles. The third kappa shape index (κ3) is 17.2.